The molecule has 0 unspecified atom stereocenters. The fourth-order valence-corrected chi connectivity index (χ4v) is 3.46. The van der Waals surface area contributed by atoms with Gasteiger partial charge >= 0.3 is 11.9 Å². The van der Waals surface area contributed by atoms with E-state index in [0.29, 0.717) is 33.1 Å². The standard InChI is InChI=1S/C18H22Cl2N2O4/c1-3-22(4-2)7-8-26-18(25)17-12(5-6-15(23)24)16-13(20)9-11(19)10-14(16)21-17/h9-10,21H,3-8H2,1-2H3,(H,23,24). The minimum absolute atomic E-state index is 0.119. The Bertz CT molecular complexity index is 800. The second-order valence-electron chi connectivity index (χ2n) is 5.85. The third-order valence-electron chi connectivity index (χ3n) is 4.25. The molecular formula is C18H22Cl2N2O4. The first-order valence-corrected chi connectivity index (χ1v) is 9.23. The van der Waals surface area contributed by atoms with Crippen LogP contribution in [0.25, 0.3) is 10.9 Å². The molecule has 1 aromatic heterocycles. The number of carbonyl (C=O) groups is 2. The number of likely N-dealkylation sites (N-methyl/N-ethyl adjacent to an activating group) is 1. The molecule has 0 aliphatic carbocycles. The van der Waals surface area contributed by atoms with Crippen LogP contribution in [-0.2, 0) is 16.0 Å². The molecule has 0 fully saturated rings. The molecule has 0 aliphatic heterocycles. The normalized spacial score (nSPS) is 11.3. The van der Waals surface area contributed by atoms with Gasteiger partial charge in [0.25, 0.3) is 0 Å². The number of fused-ring (bicyclic) bond motifs is 1. The maximum atomic E-state index is 12.5. The molecule has 8 heteroatoms. The number of H-pyrrole nitrogens is 1. The van der Waals surface area contributed by atoms with Crippen LogP contribution in [0.15, 0.2) is 12.1 Å². The lowest BCUT2D eigenvalue weighted by molar-refractivity contribution is -0.136. The molecule has 2 rings (SSSR count). The molecule has 0 bridgehead atoms. The van der Waals surface area contributed by atoms with Crippen molar-refractivity contribution in [1.82, 2.24) is 9.88 Å². The molecule has 0 saturated carbocycles. The number of nitrogens with zero attached hydrogens (tertiary/aromatic N) is 1. The Morgan fingerprint density at radius 1 is 1.23 bits per heavy atom. The van der Waals surface area contributed by atoms with Gasteiger partial charge in [0.15, 0.2) is 0 Å². The number of ether oxygens (including phenoxy) is 1. The first-order chi connectivity index (χ1) is 12.4. The average molecular weight is 401 g/mol. The lowest BCUT2D eigenvalue weighted by Gasteiger charge is -2.17. The van der Waals surface area contributed by atoms with Gasteiger partial charge in [-0.25, -0.2) is 4.79 Å². The largest absolute Gasteiger partial charge is 0.481 e. The summed E-state index contributed by atoms with van der Waals surface area (Å²) >= 11 is 12.3. The zero-order chi connectivity index (χ0) is 19.3. The Labute approximate surface area is 162 Å². The van der Waals surface area contributed by atoms with Gasteiger partial charge in [-0.15, -0.1) is 0 Å². The van der Waals surface area contributed by atoms with E-state index in [-0.39, 0.29) is 25.1 Å². The number of carbonyl (C=O) groups excluding carboxylic acids is 1. The van der Waals surface area contributed by atoms with Gasteiger partial charge in [-0.2, -0.15) is 0 Å². The zero-order valence-corrected chi connectivity index (χ0v) is 16.3. The van der Waals surface area contributed by atoms with Crippen LogP contribution in [0.5, 0.6) is 0 Å². The van der Waals surface area contributed by atoms with E-state index < -0.39 is 11.9 Å². The van der Waals surface area contributed by atoms with E-state index >= 15 is 0 Å². The van der Waals surface area contributed by atoms with Crippen LogP contribution in [-0.4, -0.2) is 53.2 Å². The molecule has 2 N–H and O–H groups in total. The van der Waals surface area contributed by atoms with Crippen molar-refractivity contribution in [2.24, 2.45) is 0 Å². The van der Waals surface area contributed by atoms with Gasteiger partial charge in [0.2, 0.25) is 0 Å². The second kappa shape index (κ2) is 9.26. The second-order valence-corrected chi connectivity index (χ2v) is 6.69. The predicted octanol–water partition coefficient (Wildman–Crippen LogP) is 3.99. The number of esters is 1. The molecule has 142 valence electrons. The highest BCUT2D eigenvalue weighted by atomic mass is 35.5. The Morgan fingerprint density at radius 2 is 1.92 bits per heavy atom. The number of hydrogen-bond acceptors (Lipinski definition) is 4. The first-order valence-electron chi connectivity index (χ1n) is 8.48. The van der Waals surface area contributed by atoms with E-state index in [1.54, 1.807) is 12.1 Å². The molecule has 0 atom stereocenters. The van der Waals surface area contributed by atoms with Crippen molar-refractivity contribution in [3.63, 3.8) is 0 Å². The Balaban J connectivity index is 2.29. The predicted molar refractivity (Wildman–Crippen MR) is 102 cm³/mol. The number of benzene rings is 1. The highest BCUT2D eigenvalue weighted by Crippen LogP contribution is 2.33. The summed E-state index contributed by atoms with van der Waals surface area (Å²) in [4.78, 5) is 28.6. The number of aryl methyl sites for hydroxylation is 1. The van der Waals surface area contributed by atoms with Crippen LogP contribution < -0.4 is 0 Å². The number of rotatable bonds is 9. The Kier molecular flexibility index (Phi) is 7.32. The molecule has 26 heavy (non-hydrogen) atoms. The number of nitrogens with one attached hydrogen (secondary N) is 1. The number of carboxylic acid groups (broad SMARTS) is 1. The van der Waals surface area contributed by atoms with Gasteiger partial charge in [-0.05, 0) is 37.2 Å². The van der Waals surface area contributed by atoms with Gasteiger partial charge < -0.3 is 19.7 Å². The van der Waals surface area contributed by atoms with Gasteiger partial charge in [0.1, 0.15) is 12.3 Å². The minimum Gasteiger partial charge on any atom is -0.481 e. The van der Waals surface area contributed by atoms with E-state index in [9.17, 15) is 9.59 Å². The third-order valence-corrected chi connectivity index (χ3v) is 4.76. The van der Waals surface area contributed by atoms with Crippen molar-refractivity contribution in [2.45, 2.75) is 26.7 Å². The molecule has 0 amide bonds. The number of aromatic nitrogens is 1. The van der Waals surface area contributed by atoms with Crippen LogP contribution in [0.4, 0.5) is 0 Å². The molecule has 6 nitrogen and oxygen atoms in total. The van der Waals surface area contributed by atoms with Gasteiger partial charge in [-0.1, -0.05) is 37.0 Å². The summed E-state index contributed by atoms with van der Waals surface area (Å²) < 4.78 is 5.37. The highest BCUT2D eigenvalue weighted by Gasteiger charge is 2.22. The molecule has 0 spiro atoms. The molecule has 0 saturated heterocycles. The van der Waals surface area contributed by atoms with Gasteiger partial charge in [0.05, 0.1) is 5.02 Å². The molecule has 2 aromatic rings. The van der Waals surface area contributed by atoms with Crippen LogP contribution in [0.2, 0.25) is 10.0 Å². The maximum absolute atomic E-state index is 12.5. The number of aliphatic carboxylic acids is 1. The van der Waals surface area contributed by atoms with Crippen LogP contribution >= 0.6 is 23.2 Å². The molecule has 0 radical (unpaired) electrons. The van der Waals surface area contributed by atoms with Crippen LogP contribution in [0.3, 0.4) is 0 Å². The van der Waals surface area contributed by atoms with Crippen molar-refractivity contribution < 1.29 is 19.4 Å². The highest BCUT2D eigenvalue weighted by molar-refractivity contribution is 6.39. The van der Waals surface area contributed by atoms with Crippen molar-refractivity contribution in [2.75, 3.05) is 26.2 Å². The van der Waals surface area contributed by atoms with Crippen molar-refractivity contribution >= 4 is 46.0 Å². The number of carboxylic acids is 1. The molecular weight excluding hydrogens is 379 g/mol. The van der Waals surface area contributed by atoms with E-state index in [1.165, 1.54) is 0 Å². The average Bonchev–Trinajstić information content (AvgIpc) is 2.95. The van der Waals surface area contributed by atoms with E-state index in [1.807, 2.05) is 13.8 Å². The lowest BCUT2D eigenvalue weighted by atomic mass is 10.1. The Hall–Kier alpha value is -1.76. The van der Waals surface area contributed by atoms with E-state index in [4.69, 9.17) is 33.0 Å². The molecule has 1 aromatic carbocycles. The monoisotopic (exact) mass is 400 g/mol. The van der Waals surface area contributed by atoms with E-state index in [2.05, 4.69) is 9.88 Å². The zero-order valence-electron chi connectivity index (χ0n) is 14.8. The van der Waals surface area contributed by atoms with E-state index in [0.717, 1.165) is 13.1 Å². The quantitative estimate of drug-likeness (QED) is 0.621. The third kappa shape index (κ3) is 4.90. The number of hydrogen-bond donors (Lipinski definition) is 2. The van der Waals surface area contributed by atoms with Gasteiger partial charge in [0, 0.05) is 28.9 Å². The fourth-order valence-electron chi connectivity index (χ4n) is 2.85. The minimum atomic E-state index is -0.953. The van der Waals surface area contributed by atoms with Crippen LogP contribution in [0.1, 0.15) is 36.3 Å². The lowest BCUT2D eigenvalue weighted by Crippen LogP contribution is -2.28. The number of aromatic amines is 1. The van der Waals surface area contributed by atoms with Crippen molar-refractivity contribution in [1.29, 1.82) is 0 Å². The molecule has 1 heterocycles. The first kappa shape index (κ1) is 20.6. The summed E-state index contributed by atoms with van der Waals surface area (Å²) in [5.41, 5.74) is 1.35. The SMILES string of the molecule is CCN(CC)CCOC(=O)c1[nH]c2cc(Cl)cc(Cl)c2c1CCC(=O)O. The van der Waals surface area contributed by atoms with Crippen molar-refractivity contribution in [3.8, 4) is 0 Å². The van der Waals surface area contributed by atoms with Crippen molar-refractivity contribution in [3.05, 3.63) is 33.4 Å². The molecule has 0 aliphatic rings. The maximum Gasteiger partial charge on any atom is 0.355 e. The van der Waals surface area contributed by atoms with Crippen LogP contribution in [0, 0.1) is 0 Å². The Morgan fingerprint density at radius 3 is 2.54 bits per heavy atom. The summed E-state index contributed by atoms with van der Waals surface area (Å²) in [6, 6.07) is 3.22. The topological polar surface area (TPSA) is 82.6 Å². The van der Waals surface area contributed by atoms with Gasteiger partial charge in [-0.3, -0.25) is 4.79 Å². The summed E-state index contributed by atoms with van der Waals surface area (Å²) in [7, 11) is 0. The summed E-state index contributed by atoms with van der Waals surface area (Å²) in [5, 5.41) is 10.4. The summed E-state index contributed by atoms with van der Waals surface area (Å²) in [6.45, 7) is 6.72. The smallest absolute Gasteiger partial charge is 0.355 e. The summed E-state index contributed by atoms with van der Waals surface area (Å²) in [5.74, 6) is -1.48. The summed E-state index contributed by atoms with van der Waals surface area (Å²) in [6.07, 6.45) is 0.0444. The fraction of sp³-hybridized carbons (Fsp3) is 0.444. The number of halogens is 2.